The normalized spacial score (nSPS) is 15.1. The van der Waals surface area contributed by atoms with E-state index >= 15 is 0 Å². The highest BCUT2D eigenvalue weighted by Crippen LogP contribution is 2.45. The number of hydrogen-bond acceptors (Lipinski definition) is 2. The van der Waals surface area contributed by atoms with E-state index in [9.17, 15) is 0 Å². The van der Waals surface area contributed by atoms with Gasteiger partial charge in [0.1, 0.15) is 6.17 Å². The molecule has 1 aliphatic heterocycles. The van der Waals surface area contributed by atoms with Gasteiger partial charge in [0, 0.05) is 51.2 Å². The summed E-state index contributed by atoms with van der Waals surface area (Å²) in [5.74, 6) is 0. The van der Waals surface area contributed by atoms with E-state index in [1.807, 2.05) is 0 Å². The van der Waals surface area contributed by atoms with Crippen molar-refractivity contribution < 1.29 is 0 Å². The number of rotatable bonds is 6. The van der Waals surface area contributed by atoms with Gasteiger partial charge in [0.2, 0.25) is 0 Å². The fourth-order valence-electron chi connectivity index (χ4n) is 9.97. The van der Waals surface area contributed by atoms with Gasteiger partial charge in [-0.1, -0.05) is 152 Å². The van der Waals surface area contributed by atoms with Crippen molar-refractivity contribution >= 4 is 61.0 Å². The van der Waals surface area contributed by atoms with Gasteiger partial charge in [-0.25, -0.2) is 0 Å². The van der Waals surface area contributed by atoms with E-state index in [2.05, 4.69) is 227 Å². The Bertz CT molecular complexity index is 3400. The van der Waals surface area contributed by atoms with Crippen LogP contribution in [-0.2, 0) is 6.42 Å². The minimum atomic E-state index is -0.217. The zero-order chi connectivity index (χ0) is 40.4. The Balaban J connectivity index is 1.08. The van der Waals surface area contributed by atoms with E-state index in [0.29, 0.717) is 0 Å². The van der Waals surface area contributed by atoms with Crippen LogP contribution in [-0.4, -0.2) is 26.8 Å². The van der Waals surface area contributed by atoms with Crippen LogP contribution in [0.4, 0.5) is 0 Å². The summed E-state index contributed by atoms with van der Waals surface area (Å²) in [7, 11) is 2.19. The first kappa shape index (κ1) is 35.3. The van der Waals surface area contributed by atoms with Gasteiger partial charge in [0.05, 0.1) is 27.9 Å². The number of allylic oxidation sites excluding steroid dienone is 2. The van der Waals surface area contributed by atoms with Crippen molar-refractivity contribution in [2.75, 3.05) is 7.05 Å². The number of aromatic nitrogens is 2. The fourth-order valence-corrected chi connectivity index (χ4v) is 9.97. The van der Waals surface area contributed by atoms with Gasteiger partial charge in [-0.3, -0.25) is 4.99 Å². The monoisotopic (exact) mass is 782 g/mol. The lowest BCUT2D eigenvalue weighted by atomic mass is 9.97. The summed E-state index contributed by atoms with van der Waals surface area (Å²) in [6.45, 7) is 0. The Morgan fingerprint density at radius 1 is 0.525 bits per heavy atom. The molecule has 0 saturated heterocycles. The van der Waals surface area contributed by atoms with Gasteiger partial charge in [0.25, 0.3) is 0 Å². The topological polar surface area (TPSA) is 25.5 Å². The minimum Gasteiger partial charge on any atom is -0.349 e. The number of fused-ring (bicyclic) bond motifs is 8. The molecular formula is C57H42N4. The average Bonchev–Trinajstić information content (AvgIpc) is 3.85. The highest BCUT2D eigenvalue weighted by atomic mass is 15.2. The van der Waals surface area contributed by atoms with Crippen LogP contribution < -0.4 is 0 Å². The van der Waals surface area contributed by atoms with Crippen molar-refractivity contribution in [3.8, 4) is 22.5 Å². The van der Waals surface area contributed by atoms with Crippen molar-refractivity contribution in [1.29, 1.82) is 0 Å². The smallest absolute Gasteiger partial charge is 0.147 e. The van der Waals surface area contributed by atoms with Gasteiger partial charge in [-0.2, -0.15) is 0 Å². The minimum absolute atomic E-state index is 0.217. The SMILES string of the molecule is CN1C(c2cc(-n3c4ccccc4c4c5c6c(n(-c7ccccc7)c5ccc43)C=CCC6)c3ccccc3c2)=CC(c2ccccc2)=NC1c1ccc(-c2ccccc2)cc1. The molecule has 1 unspecified atom stereocenters. The van der Waals surface area contributed by atoms with Gasteiger partial charge < -0.3 is 14.0 Å². The van der Waals surface area contributed by atoms with Crippen molar-refractivity contribution in [3.63, 3.8) is 0 Å². The molecule has 3 heterocycles. The van der Waals surface area contributed by atoms with E-state index in [1.54, 1.807) is 0 Å². The highest BCUT2D eigenvalue weighted by molar-refractivity contribution is 6.23. The number of aliphatic imine (C=N–C) groups is 1. The van der Waals surface area contributed by atoms with Crippen LogP contribution in [0.15, 0.2) is 205 Å². The van der Waals surface area contributed by atoms with Crippen LogP contribution in [0.1, 0.15) is 40.5 Å². The zero-order valence-electron chi connectivity index (χ0n) is 33.9. The molecule has 0 radical (unpaired) electrons. The summed E-state index contributed by atoms with van der Waals surface area (Å²) in [4.78, 5) is 7.79. The van der Waals surface area contributed by atoms with Crippen molar-refractivity contribution in [1.82, 2.24) is 14.0 Å². The molecule has 0 spiro atoms. The summed E-state index contributed by atoms with van der Waals surface area (Å²) in [6, 6.07) is 68.3. The van der Waals surface area contributed by atoms with E-state index < -0.39 is 0 Å². The molecular weight excluding hydrogens is 741 g/mol. The Morgan fingerprint density at radius 3 is 1.93 bits per heavy atom. The number of para-hydroxylation sites is 2. The van der Waals surface area contributed by atoms with Crippen LogP contribution in [0.3, 0.4) is 0 Å². The number of aryl methyl sites for hydroxylation is 1. The lowest BCUT2D eigenvalue weighted by molar-refractivity contribution is 0.364. The van der Waals surface area contributed by atoms with Crippen LogP contribution in [0.2, 0.25) is 0 Å². The second-order valence-electron chi connectivity index (χ2n) is 16.3. The molecule has 12 rings (SSSR count). The quantitative estimate of drug-likeness (QED) is 0.165. The van der Waals surface area contributed by atoms with Gasteiger partial charge in [0.15, 0.2) is 0 Å². The van der Waals surface area contributed by atoms with Crippen LogP contribution in [0.5, 0.6) is 0 Å². The molecule has 2 aromatic heterocycles. The standard InChI is InChI=1S/C57H42N4/c1-59-53(37-48(40-19-7-3-8-20-40)58-57(59)41-31-29-39(30-32-41)38-17-5-2-6-18-38)43-35-42-21-11-12-24-45(42)54(36-43)61-50-28-16-14-26-47(50)56-52(61)34-33-51-55(56)46-25-13-15-27-49(46)60(51)44-22-9-4-10-23-44/h2-12,14-24,26-37,57H,13,25H2,1H3. The van der Waals surface area contributed by atoms with E-state index in [1.165, 1.54) is 71.6 Å². The maximum absolute atomic E-state index is 5.44. The van der Waals surface area contributed by atoms with E-state index in [-0.39, 0.29) is 6.17 Å². The van der Waals surface area contributed by atoms with Crippen molar-refractivity contribution in [2.24, 2.45) is 4.99 Å². The Kier molecular flexibility index (Phi) is 8.24. The molecule has 0 N–H and O–H groups in total. The average molecular weight is 783 g/mol. The first-order chi connectivity index (χ1) is 30.2. The third-order valence-corrected chi connectivity index (χ3v) is 12.8. The van der Waals surface area contributed by atoms with Gasteiger partial charge in [-0.15, -0.1) is 0 Å². The molecule has 4 heteroatoms. The number of benzene rings is 8. The van der Waals surface area contributed by atoms with Crippen molar-refractivity contribution in [2.45, 2.75) is 19.0 Å². The molecule has 4 nitrogen and oxygen atoms in total. The Morgan fingerprint density at radius 2 is 1.16 bits per heavy atom. The lowest BCUT2D eigenvalue weighted by Crippen LogP contribution is -2.27. The molecule has 10 aromatic rings. The summed E-state index contributed by atoms with van der Waals surface area (Å²) >= 11 is 0. The molecule has 0 bridgehead atoms. The van der Waals surface area contributed by atoms with Crippen molar-refractivity contribution in [3.05, 3.63) is 228 Å². The Hall–Kier alpha value is -7.69. The van der Waals surface area contributed by atoms with Crippen LogP contribution in [0, 0.1) is 0 Å². The molecule has 0 fully saturated rings. The maximum atomic E-state index is 5.44. The molecule has 290 valence electrons. The molecule has 0 amide bonds. The third-order valence-electron chi connectivity index (χ3n) is 12.8. The molecule has 8 aromatic carbocycles. The summed E-state index contributed by atoms with van der Waals surface area (Å²) in [5, 5.41) is 6.35. The molecule has 0 saturated carbocycles. The lowest BCUT2D eigenvalue weighted by Gasteiger charge is -2.34. The Labute approximate surface area is 355 Å². The molecule has 1 aliphatic carbocycles. The first-order valence-corrected chi connectivity index (χ1v) is 21.3. The molecule has 1 atom stereocenters. The summed E-state index contributed by atoms with van der Waals surface area (Å²) in [5.41, 5.74) is 16.6. The predicted octanol–water partition coefficient (Wildman–Crippen LogP) is 14.0. The second kappa shape index (κ2) is 14.2. The molecule has 2 aliphatic rings. The van der Waals surface area contributed by atoms with Gasteiger partial charge in [-0.05, 0) is 101 Å². The largest absolute Gasteiger partial charge is 0.349 e. The summed E-state index contributed by atoms with van der Waals surface area (Å²) in [6.07, 6.45) is 8.78. The third kappa shape index (κ3) is 5.71. The number of nitrogens with zero attached hydrogens (tertiary/aromatic N) is 4. The van der Waals surface area contributed by atoms with Crippen LogP contribution >= 0.6 is 0 Å². The maximum Gasteiger partial charge on any atom is 0.147 e. The second-order valence-corrected chi connectivity index (χ2v) is 16.3. The summed E-state index contributed by atoms with van der Waals surface area (Å²) < 4.78 is 4.99. The predicted molar refractivity (Wildman–Crippen MR) is 256 cm³/mol. The zero-order valence-corrected chi connectivity index (χ0v) is 33.9. The highest BCUT2D eigenvalue weighted by Gasteiger charge is 2.28. The fraction of sp³-hybridized carbons (Fsp3) is 0.0702. The van der Waals surface area contributed by atoms with E-state index in [4.69, 9.17) is 4.99 Å². The van der Waals surface area contributed by atoms with E-state index in [0.717, 1.165) is 46.6 Å². The van der Waals surface area contributed by atoms with Gasteiger partial charge >= 0.3 is 0 Å². The molecule has 61 heavy (non-hydrogen) atoms. The number of hydrogen-bond donors (Lipinski definition) is 0. The van der Waals surface area contributed by atoms with Crippen LogP contribution in [0.25, 0.3) is 77.8 Å². The first-order valence-electron chi connectivity index (χ1n) is 21.3.